The van der Waals surface area contributed by atoms with Crippen molar-refractivity contribution >= 4 is 40.0 Å². The predicted octanol–water partition coefficient (Wildman–Crippen LogP) is 0.680. The van der Waals surface area contributed by atoms with Gasteiger partial charge in [-0.15, -0.1) is 24.0 Å². The van der Waals surface area contributed by atoms with E-state index in [1.54, 1.807) is 14.0 Å². The maximum Gasteiger partial charge on any atom is 0.231 e. The number of nitrogens with one attached hydrogen (secondary N) is 3. The minimum absolute atomic E-state index is 0. The molecule has 3 N–H and O–H groups in total. The number of aliphatic imine (C=N–C) groups is 1. The fourth-order valence-electron chi connectivity index (χ4n) is 2.13. The van der Waals surface area contributed by atoms with Crippen LogP contribution < -0.4 is 24.8 Å². The van der Waals surface area contributed by atoms with Crippen molar-refractivity contribution in [1.29, 1.82) is 0 Å². The number of hydrogen-bond acceptors (Lipinski definition) is 5. The molecule has 0 fully saturated rings. The van der Waals surface area contributed by atoms with E-state index in [1.807, 2.05) is 18.2 Å². The van der Waals surface area contributed by atoms with Gasteiger partial charge in [-0.1, -0.05) is 6.07 Å². The SMILES string of the molecule is CCS(=O)(=O)NCCNC(=NC)NCCc1ccc2c(c1)OCO2.I. The Bertz CT molecular complexity index is 682. The van der Waals surface area contributed by atoms with Gasteiger partial charge in [0.2, 0.25) is 16.8 Å². The van der Waals surface area contributed by atoms with Gasteiger partial charge in [-0.05, 0) is 31.0 Å². The molecule has 25 heavy (non-hydrogen) atoms. The van der Waals surface area contributed by atoms with Crippen molar-refractivity contribution in [3.63, 3.8) is 0 Å². The summed E-state index contributed by atoms with van der Waals surface area (Å²) in [5.41, 5.74) is 1.14. The zero-order valence-electron chi connectivity index (χ0n) is 14.4. The first kappa shape index (κ1) is 21.8. The van der Waals surface area contributed by atoms with Gasteiger partial charge < -0.3 is 20.1 Å². The number of benzene rings is 1. The van der Waals surface area contributed by atoms with E-state index in [2.05, 4.69) is 20.3 Å². The zero-order chi connectivity index (χ0) is 17.4. The zero-order valence-corrected chi connectivity index (χ0v) is 17.5. The molecule has 0 aliphatic carbocycles. The third-order valence-corrected chi connectivity index (χ3v) is 4.89. The van der Waals surface area contributed by atoms with Gasteiger partial charge in [0.1, 0.15) is 0 Å². The highest BCUT2D eigenvalue weighted by atomic mass is 127. The molecule has 1 aromatic rings. The molecule has 0 unspecified atom stereocenters. The Labute approximate surface area is 165 Å². The quantitative estimate of drug-likeness (QED) is 0.217. The van der Waals surface area contributed by atoms with E-state index in [-0.39, 0.29) is 36.5 Å². The summed E-state index contributed by atoms with van der Waals surface area (Å²) in [6.07, 6.45) is 0.805. The summed E-state index contributed by atoms with van der Waals surface area (Å²) in [4.78, 5) is 4.10. The summed E-state index contributed by atoms with van der Waals surface area (Å²) < 4.78 is 35.8. The van der Waals surface area contributed by atoms with Crippen molar-refractivity contribution in [3.8, 4) is 11.5 Å². The van der Waals surface area contributed by atoms with Crippen LogP contribution in [0.4, 0.5) is 0 Å². The minimum Gasteiger partial charge on any atom is -0.454 e. The normalized spacial score (nSPS) is 13.3. The summed E-state index contributed by atoms with van der Waals surface area (Å²) in [6.45, 7) is 3.35. The third-order valence-electron chi connectivity index (χ3n) is 3.49. The largest absolute Gasteiger partial charge is 0.454 e. The van der Waals surface area contributed by atoms with E-state index in [9.17, 15) is 8.42 Å². The average Bonchev–Trinajstić information content (AvgIpc) is 3.04. The molecule has 0 radical (unpaired) electrons. The predicted molar refractivity (Wildman–Crippen MR) is 109 cm³/mol. The first-order chi connectivity index (χ1) is 11.5. The molecule has 1 aliphatic rings. The summed E-state index contributed by atoms with van der Waals surface area (Å²) in [7, 11) is -1.48. The molecule has 0 spiro atoms. The van der Waals surface area contributed by atoms with Crippen LogP contribution in [0.1, 0.15) is 12.5 Å². The molecular formula is C15H25IN4O4S. The average molecular weight is 484 g/mol. The number of nitrogens with zero attached hydrogens (tertiary/aromatic N) is 1. The van der Waals surface area contributed by atoms with Gasteiger partial charge >= 0.3 is 0 Å². The fourth-order valence-corrected chi connectivity index (χ4v) is 2.75. The molecule has 2 rings (SSSR count). The standard InChI is InChI=1S/C15H24N4O4S.HI/c1-3-24(20,21)19-9-8-18-15(16-2)17-7-6-12-4-5-13-14(10-12)23-11-22-13;/h4-5,10,19H,3,6-9,11H2,1-2H3,(H2,16,17,18);1H. The van der Waals surface area contributed by atoms with Crippen molar-refractivity contribution in [2.45, 2.75) is 13.3 Å². The van der Waals surface area contributed by atoms with Gasteiger partial charge in [0.15, 0.2) is 17.5 Å². The Morgan fingerprint density at radius 2 is 1.88 bits per heavy atom. The number of sulfonamides is 1. The van der Waals surface area contributed by atoms with E-state index in [0.717, 1.165) is 23.5 Å². The summed E-state index contributed by atoms with van der Waals surface area (Å²) >= 11 is 0. The maximum absolute atomic E-state index is 11.3. The van der Waals surface area contributed by atoms with Gasteiger partial charge in [-0.2, -0.15) is 0 Å². The first-order valence-electron chi connectivity index (χ1n) is 7.84. The lowest BCUT2D eigenvalue weighted by molar-refractivity contribution is 0.174. The highest BCUT2D eigenvalue weighted by molar-refractivity contribution is 14.0. The smallest absolute Gasteiger partial charge is 0.231 e. The molecule has 8 nitrogen and oxygen atoms in total. The second-order valence-electron chi connectivity index (χ2n) is 5.16. The lowest BCUT2D eigenvalue weighted by Gasteiger charge is -2.12. The van der Waals surface area contributed by atoms with E-state index >= 15 is 0 Å². The summed E-state index contributed by atoms with van der Waals surface area (Å²) in [6, 6.07) is 5.88. The van der Waals surface area contributed by atoms with Crippen LogP contribution in [0.5, 0.6) is 11.5 Å². The second kappa shape index (κ2) is 10.7. The Kier molecular flexibility index (Phi) is 9.28. The number of guanidine groups is 1. The van der Waals surface area contributed by atoms with Crippen molar-refractivity contribution in [2.24, 2.45) is 4.99 Å². The van der Waals surface area contributed by atoms with Crippen molar-refractivity contribution in [2.75, 3.05) is 39.2 Å². The fraction of sp³-hybridized carbons (Fsp3) is 0.533. The van der Waals surface area contributed by atoms with Crippen LogP contribution in [0, 0.1) is 0 Å². The third kappa shape index (κ3) is 7.24. The Hall–Kier alpha value is -1.27. The van der Waals surface area contributed by atoms with Crippen molar-refractivity contribution in [1.82, 2.24) is 15.4 Å². The molecule has 0 bridgehead atoms. The lowest BCUT2D eigenvalue weighted by atomic mass is 10.1. The lowest BCUT2D eigenvalue weighted by Crippen LogP contribution is -2.42. The monoisotopic (exact) mass is 484 g/mol. The molecule has 1 heterocycles. The Balaban J connectivity index is 0.00000312. The number of fused-ring (bicyclic) bond motifs is 1. The van der Waals surface area contributed by atoms with E-state index in [1.165, 1.54) is 0 Å². The Morgan fingerprint density at radius 3 is 2.60 bits per heavy atom. The number of ether oxygens (including phenoxy) is 2. The van der Waals surface area contributed by atoms with E-state index < -0.39 is 10.0 Å². The first-order valence-corrected chi connectivity index (χ1v) is 9.49. The summed E-state index contributed by atoms with van der Waals surface area (Å²) in [5.74, 6) is 2.26. The Morgan fingerprint density at radius 1 is 1.16 bits per heavy atom. The van der Waals surface area contributed by atoms with Crippen LogP contribution in [0.15, 0.2) is 23.2 Å². The molecule has 1 aromatic carbocycles. The molecule has 10 heteroatoms. The maximum atomic E-state index is 11.3. The van der Waals surface area contributed by atoms with Gasteiger partial charge in [-0.3, -0.25) is 4.99 Å². The molecule has 0 amide bonds. The van der Waals surface area contributed by atoms with Crippen LogP contribution in [0.2, 0.25) is 0 Å². The highest BCUT2D eigenvalue weighted by Gasteiger charge is 2.13. The second-order valence-corrected chi connectivity index (χ2v) is 7.26. The molecule has 0 aromatic heterocycles. The van der Waals surface area contributed by atoms with Crippen LogP contribution in [-0.2, 0) is 16.4 Å². The molecule has 0 saturated heterocycles. The highest BCUT2D eigenvalue weighted by Crippen LogP contribution is 2.32. The van der Waals surface area contributed by atoms with Gasteiger partial charge in [-0.25, -0.2) is 13.1 Å². The molecular weight excluding hydrogens is 459 g/mol. The van der Waals surface area contributed by atoms with Gasteiger partial charge in [0.25, 0.3) is 0 Å². The topological polar surface area (TPSA) is 101 Å². The number of hydrogen-bond donors (Lipinski definition) is 3. The van der Waals surface area contributed by atoms with Crippen LogP contribution in [0.3, 0.4) is 0 Å². The van der Waals surface area contributed by atoms with Crippen molar-refractivity contribution < 1.29 is 17.9 Å². The van der Waals surface area contributed by atoms with Crippen LogP contribution in [-0.4, -0.2) is 53.6 Å². The van der Waals surface area contributed by atoms with Crippen molar-refractivity contribution in [3.05, 3.63) is 23.8 Å². The molecule has 142 valence electrons. The summed E-state index contributed by atoms with van der Waals surface area (Å²) in [5, 5.41) is 6.25. The van der Waals surface area contributed by atoms with Gasteiger partial charge in [0, 0.05) is 26.7 Å². The molecule has 0 saturated carbocycles. The van der Waals surface area contributed by atoms with Crippen LogP contribution in [0.25, 0.3) is 0 Å². The number of rotatable bonds is 8. The van der Waals surface area contributed by atoms with Gasteiger partial charge in [0.05, 0.1) is 5.75 Å². The van der Waals surface area contributed by atoms with E-state index in [4.69, 9.17) is 9.47 Å². The minimum atomic E-state index is -3.15. The number of halogens is 1. The molecule has 1 aliphatic heterocycles. The molecule has 0 atom stereocenters. The van der Waals surface area contributed by atoms with Crippen LogP contribution >= 0.6 is 24.0 Å². The van der Waals surface area contributed by atoms with E-state index in [0.29, 0.717) is 25.6 Å².